The van der Waals surface area contributed by atoms with Crippen molar-refractivity contribution in [3.8, 4) is 0 Å². The minimum Gasteiger partial charge on any atom is -0.657 e. The first-order valence-corrected chi connectivity index (χ1v) is 15.2. The molecule has 0 aromatic carbocycles. The molecule has 8 bridgehead atoms. The van der Waals surface area contributed by atoms with E-state index in [1.54, 1.807) is 6.92 Å². The van der Waals surface area contributed by atoms with Gasteiger partial charge >= 0.3 is 20.4 Å². The Kier molecular flexibility index (Phi) is 8.46. The zero-order chi connectivity index (χ0) is 30.2. The molecule has 7 nitrogen and oxygen atoms in total. The monoisotopic (exact) mass is 688 g/mol. The van der Waals surface area contributed by atoms with Gasteiger partial charge < -0.3 is 9.97 Å². The molecule has 1 aliphatic carbocycles. The summed E-state index contributed by atoms with van der Waals surface area (Å²) in [5, 5.41) is -0.398. The van der Waals surface area contributed by atoms with E-state index in [9.17, 15) is 14.4 Å². The van der Waals surface area contributed by atoms with E-state index in [2.05, 4.69) is 20.8 Å². The van der Waals surface area contributed by atoms with Gasteiger partial charge in [0, 0.05) is 69.9 Å². The van der Waals surface area contributed by atoms with E-state index in [-0.39, 0.29) is 62.1 Å². The third kappa shape index (κ3) is 4.96. The van der Waals surface area contributed by atoms with Crippen molar-refractivity contribution in [2.45, 2.75) is 97.3 Å². The zero-order valence-corrected chi connectivity index (χ0v) is 27.8. The third-order valence-electron chi connectivity index (χ3n) is 9.76. The SMILES string of the molecule is CC[C@H]1c2cc3[n-]c4c(c3C)C(=O)[C@H](C)c4c3nc(cc4[n-]c(cc(n2)[C@@H]1C)c(C(C)=O)c4C)[C@@H](C)[C@@H]3CCC(=O)Cl.[Pd+2]. The van der Waals surface area contributed by atoms with E-state index in [0.29, 0.717) is 34.1 Å². The van der Waals surface area contributed by atoms with Gasteiger partial charge in [-0.2, -0.15) is 0 Å². The summed E-state index contributed by atoms with van der Waals surface area (Å²) in [7, 11) is 0. The largest absolute Gasteiger partial charge is 2.00 e. The van der Waals surface area contributed by atoms with Crippen molar-refractivity contribution in [1.82, 2.24) is 19.9 Å². The number of hydrogen-bond acceptors (Lipinski definition) is 5. The summed E-state index contributed by atoms with van der Waals surface area (Å²) < 4.78 is 0. The molecule has 3 aromatic heterocycles. The summed E-state index contributed by atoms with van der Waals surface area (Å²) in [5.41, 5.74) is 9.90. The van der Waals surface area contributed by atoms with Crippen LogP contribution in [-0.4, -0.2) is 26.8 Å². The number of carbonyl (C=O) groups is 3. The van der Waals surface area contributed by atoms with Gasteiger partial charge in [0.25, 0.3) is 0 Å². The number of hydrogen-bond donors (Lipinski definition) is 0. The minimum atomic E-state index is -0.398. The van der Waals surface area contributed by atoms with Crippen LogP contribution in [0.4, 0.5) is 0 Å². The van der Waals surface area contributed by atoms with Crippen molar-refractivity contribution in [3.63, 3.8) is 0 Å². The normalized spacial score (nSPS) is 22.5. The maximum atomic E-state index is 13.7. The topological polar surface area (TPSA) is 105 Å². The molecule has 0 saturated heterocycles. The molecule has 5 heterocycles. The summed E-state index contributed by atoms with van der Waals surface area (Å²) >= 11 is 5.80. The second kappa shape index (κ2) is 11.5. The number of ketones is 2. The summed E-state index contributed by atoms with van der Waals surface area (Å²) in [5.74, 6) is -0.269. The van der Waals surface area contributed by atoms with E-state index in [0.717, 1.165) is 51.4 Å². The molecule has 0 unspecified atom stereocenters. The van der Waals surface area contributed by atoms with Crippen molar-refractivity contribution in [2.24, 2.45) is 0 Å². The molecule has 3 aromatic rings. The average molecular weight is 690 g/mol. The molecule has 5 atom stereocenters. The average Bonchev–Trinajstić information content (AvgIpc) is 3.65. The Morgan fingerprint density at radius 3 is 2.14 bits per heavy atom. The predicted molar refractivity (Wildman–Crippen MR) is 164 cm³/mol. The van der Waals surface area contributed by atoms with Crippen LogP contribution in [0.25, 0.3) is 22.1 Å². The number of nitrogens with zero attached hydrogens (tertiary/aromatic N) is 4. The number of carbonyl (C=O) groups excluding carboxylic acids is 3. The van der Waals surface area contributed by atoms with E-state index in [1.807, 2.05) is 39.0 Å². The van der Waals surface area contributed by atoms with Gasteiger partial charge in [-0.3, -0.25) is 24.4 Å². The molecule has 0 saturated carbocycles. The molecule has 226 valence electrons. The Hall–Kier alpha value is -2.92. The van der Waals surface area contributed by atoms with E-state index < -0.39 is 11.2 Å². The number of aromatic nitrogens is 4. The van der Waals surface area contributed by atoms with Crippen LogP contribution in [0.3, 0.4) is 0 Å². The summed E-state index contributed by atoms with van der Waals surface area (Å²) in [4.78, 5) is 58.6. The fraction of sp³-hybridized carbons (Fsp3) is 0.441. The number of aryl methyl sites for hydroxylation is 2. The van der Waals surface area contributed by atoms with Crippen LogP contribution < -0.4 is 9.97 Å². The summed E-state index contributed by atoms with van der Waals surface area (Å²) in [6.07, 6.45) is 1.60. The number of rotatable bonds is 5. The van der Waals surface area contributed by atoms with Crippen molar-refractivity contribution < 1.29 is 34.8 Å². The van der Waals surface area contributed by atoms with Crippen molar-refractivity contribution in [2.75, 3.05) is 0 Å². The Morgan fingerprint density at radius 1 is 0.884 bits per heavy atom. The third-order valence-corrected chi connectivity index (χ3v) is 9.95. The fourth-order valence-corrected chi connectivity index (χ4v) is 7.41. The molecule has 0 N–H and O–H groups in total. The van der Waals surface area contributed by atoms with Gasteiger partial charge in [-0.15, -0.1) is 22.1 Å². The molecular weight excluding hydrogens is 654 g/mol. The first-order chi connectivity index (χ1) is 19.9. The van der Waals surface area contributed by atoms with Gasteiger partial charge in [0.2, 0.25) is 5.24 Å². The van der Waals surface area contributed by atoms with Crippen molar-refractivity contribution >= 4 is 50.5 Å². The minimum absolute atomic E-state index is 0. The Labute approximate surface area is 270 Å². The molecule has 0 amide bonds. The van der Waals surface area contributed by atoms with E-state index in [1.165, 1.54) is 0 Å². The van der Waals surface area contributed by atoms with Gasteiger partial charge in [0.1, 0.15) is 0 Å². The standard InChI is InChI=1S/C34H36ClN4O3.Pd/c1-8-20-14(2)22-13-27-29(19(7)40)16(4)24(37-27)11-23-15(3)21(9-10-28(35)41)32(38-23)30-18(6)34(42)31-17(5)25(39-33(30)31)12-26(20)36-22;/h11-15,18,20-21H,8-10H2,1-7H3,(H-,36,37,38,39,40,42);/q-1;+2/p-1/t14-,15+,18-,20-,21+;/m1./s1. The van der Waals surface area contributed by atoms with Gasteiger partial charge in [0.15, 0.2) is 11.6 Å². The van der Waals surface area contributed by atoms with Gasteiger partial charge in [-0.1, -0.05) is 57.0 Å². The van der Waals surface area contributed by atoms with Crippen LogP contribution in [0, 0.1) is 13.8 Å². The van der Waals surface area contributed by atoms with Crippen LogP contribution in [0.5, 0.6) is 0 Å². The van der Waals surface area contributed by atoms with Crippen LogP contribution in [0.1, 0.15) is 144 Å². The van der Waals surface area contributed by atoms with Crippen molar-refractivity contribution in [1.29, 1.82) is 0 Å². The molecule has 0 spiro atoms. The molecule has 0 fully saturated rings. The molecule has 2 aliphatic heterocycles. The Bertz CT molecular complexity index is 1860. The van der Waals surface area contributed by atoms with Gasteiger partial charge in [0.05, 0.1) is 0 Å². The summed E-state index contributed by atoms with van der Waals surface area (Å²) in [6.45, 7) is 13.8. The molecular formula is C34H35ClN4O3Pd. The van der Waals surface area contributed by atoms with E-state index >= 15 is 0 Å². The predicted octanol–water partition coefficient (Wildman–Crippen LogP) is 7.42. The quantitative estimate of drug-likeness (QED) is 0.156. The molecule has 9 heteroatoms. The number of Topliss-reactive ketones (excluding diaryl/α,β-unsaturated/α-hetero) is 2. The molecule has 3 aliphatic rings. The van der Waals surface area contributed by atoms with Crippen molar-refractivity contribution in [3.05, 3.63) is 68.8 Å². The van der Waals surface area contributed by atoms with Gasteiger partial charge in [-0.05, 0) is 50.8 Å². The first kappa shape index (κ1) is 31.5. The molecule has 0 radical (unpaired) electrons. The molecule has 6 rings (SSSR count). The smallest absolute Gasteiger partial charge is 0.657 e. The second-order valence-corrected chi connectivity index (χ2v) is 12.6. The van der Waals surface area contributed by atoms with Gasteiger partial charge in [-0.25, -0.2) is 0 Å². The maximum Gasteiger partial charge on any atom is 2.00 e. The maximum absolute atomic E-state index is 13.7. The Morgan fingerprint density at radius 2 is 1.49 bits per heavy atom. The van der Waals surface area contributed by atoms with Crippen LogP contribution in [0.15, 0.2) is 18.2 Å². The van der Waals surface area contributed by atoms with Crippen LogP contribution in [-0.2, 0) is 25.2 Å². The second-order valence-electron chi connectivity index (χ2n) is 12.2. The fourth-order valence-electron chi connectivity index (χ4n) is 7.31. The molecule has 43 heavy (non-hydrogen) atoms. The first-order valence-electron chi connectivity index (χ1n) is 14.8. The zero-order valence-electron chi connectivity index (χ0n) is 25.4. The summed E-state index contributed by atoms with van der Waals surface area (Å²) in [6, 6.07) is 5.93. The Balaban J connectivity index is 0.00000368. The number of fused-ring (bicyclic) bond motifs is 8. The van der Waals surface area contributed by atoms with E-state index in [4.69, 9.17) is 31.5 Å². The number of halogens is 1. The van der Waals surface area contributed by atoms with Crippen LogP contribution in [0.2, 0.25) is 0 Å². The van der Waals surface area contributed by atoms with Crippen LogP contribution >= 0.6 is 11.6 Å².